The van der Waals surface area contributed by atoms with Crippen LogP contribution in [0.3, 0.4) is 0 Å². The first-order valence-electron chi connectivity index (χ1n) is 4.62. The number of nitrogens with two attached hydrogens (primary N) is 1. The summed E-state index contributed by atoms with van der Waals surface area (Å²) >= 11 is 5.60. The van der Waals surface area contributed by atoms with Crippen molar-refractivity contribution in [3.63, 3.8) is 0 Å². The van der Waals surface area contributed by atoms with E-state index in [1.54, 1.807) is 0 Å². The molecule has 19 heavy (non-hydrogen) atoms. The fraction of sp³-hybridized carbons (Fsp3) is 0. The van der Waals surface area contributed by atoms with Crippen LogP contribution in [-0.2, 0) is 0 Å². The number of nitriles is 1. The van der Waals surface area contributed by atoms with E-state index in [1.165, 1.54) is 6.07 Å². The highest BCUT2D eigenvalue weighted by Gasteiger charge is 2.15. The Morgan fingerprint density at radius 3 is 2.79 bits per heavy atom. The summed E-state index contributed by atoms with van der Waals surface area (Å²) < 4.78 is 0. The van der Waals surface area contributed by atoms with Crippen molar-refractivity contribution in [2.45, 2.75) is 0 Å². The first-order valence-corrected chi connectivity index (χ1v) is 4.99. The normalized spacial score (nSPS) is 10.6. The molecule has 1 aromatic carbocycles. The molecule has 0 unspecified atom stereocenters. The molecule has 0 aliphatic rings. The molecular formula is C9H7ClN6O3. The lowest BCUT2D eigenvalue weighted by atomic mass is 10.2. The Morgan fingerprint density at radius 2 is 2.32 bits per heavy atom. The summed E-state index contributed by atoms with van der Waals surface area (Å²) in [5.74, 6) is -1.07. The first-order chi connectivity index (χ1) is 8.86. The Morgan fingerprint density at radius 1 is 1.68 bits per heavy atom. The summed E-state index contributed by atoms with van der Waals surface area (Å²) in [6, 6.07) is 3.47. The van der Waals surface area contributed by atoms with E-state index < -0.39 is 22.2 Å². The minimum absolute atomic E-state index is 0.187. The quantitative estimate of drug-likeness (QED) is 0.213. The number of nitro groups is 1. The van der Waals surface area contributed by atoms with Gasteiger partial charge in [-0.2, -0.15) is 10.4 Å². The van der Waals surface area contributed by atoms with Gasteiger partial charge in [-0.3, -0.25) is 20.9 Å². The van der Waals surface area contributed by atoms with Crippen molar-refractivity contribution >= 4 is 34.5 Å². The van der Waals surface area contributed by atoms with Crippen LogP contribution < -0.4 is 11.2 Å². The molecule has 0 aromatic heterocycles. The first kappa shape index (κ1) is 14.2. The van der Waals surface area contributed by atoms with Crippen molar-refractivity contribution in [3.05, 3.63) is 27.3 Å². The van der Waals surface area contributed by atoms with Crippen LogP contribution in [0.4, 0.5) is 11.4 Å². The number of phenols is 1. The second-order valence-corrected chi connectivity index (χ2v) is 3.59. The number of phenolic OH excluding ortho intramolecular Hbond substituents is 1. The van der Waals surface area contributed by atoms with Gasteiger partial charge >= 0.3 is 0 Å². The predicted octanol–water partition coefficient (Wildman–Crippen LogP) is 1.18. The van der Waals surface area contributed by atoms with Crippen LogP contribution in [0, 0.1) is 26.9 Å². The molecule has 0 aliphatic heterocycles. The number of hydrogen-bond acceptors (Lipinski definition) is 7. The number of rotatable bonds is 4. The molecule has 0 amide bonds. The van der Waals surface area contributed by atoms with Gasteiger partial charge in [-0.15, -0.1) is 0 Å². The van der Waals surface area contributed by atoms with E-state index in [-0.39, 0.29) is 16.4 Å². The van der Waals surface area contributed by atoms with E-state index in [4.69, 9.17) is 28.0 Å². The molecule has 98 valence electrons. The van der Waals surface area contributed by atoms with E-state index in [1.807, 2.05) is 0 Å². The van der Waals surface area contributed by atoms with E-state index in [2.05, 4.69) is 10.5 Å². The van der Waals surface area contributed by atoms with Crippen molar-refractivity contribution in [1.29, 1.82) is 10.7 Å². The lowest BCUT2D eigenvalue weighted by molar-refractivity contribution is -0.384. The minimum Gasteiger partial charge on any atom is -0.504 e. The second kappa shape index (κ2) is 5.65. The van der Waals surface area contributed by atoms with Crippen LogP contribution >= 0.6 is 11.6 Å². The number of non-ortho nitro benzene ring substituents is 1. The number of amidine groups is 1. The third kappa shape index (κ3) is 3.30. The van der Waals surface area contributed by atoms with Crippen LogP contribution in [0.25, 0.3) is 0 Å². The molecule has 0 heterocycles. The molecular weight excluding hydrogens is 276 g/mol. The van der Waals surface area contributed by atoms with Gasteiger partial charge in [-0.1, -0.05) is 11.6 Å². The standard InChI is InChI=1S/C9H7ClN6O3/c10-5-1-4(16(18)19)2-6(8(5)17)14-15-7(3-11)9(12)13/h1-2,14,17H,(H3,12,13)/b15-7+. The van der Waals surface area contributed by atoms with Gasteiger partial charge < -0.3 is 10.8 Å². The number of aromatic hydroxyl groups is 1. The summed E-state index contributed by atoms with van der Waals surface area (Å²) in [7, 11) is 0. The lowest BCUT2D eigenvalue weighted by Gasteiger charge is -2.05. The molecule has 0 saturated heterocycles. The van der Waals surface area contributed by atoms with Gasteiger partial charge in [0.25, 0.3) is 5.69 Å². The number of anilines is 1. The Bertz CT molecular complexity index is 621. The molecule has 0 aliphatic carbocycles. The average Bonchev–Trinajstić information content (AvgIpc) is 2.34. The molecule has 0 saturated carbocycles. The molecule has 1 aromatic rings. The van der Waals surface area contributed by atoms with Gasteiger partial charge in [-0.25, -0.2) is 0 Å². The fourth-order valence-electron chi connectivity index (χ4n) is 1.04. The number of benzene rings is 1. The Hall–Kier alpha value is -2.86. The van der Waals surface area contributed by atoms with Gasteiger partial charge in [0, 0.05) is 12.1 Å². The predicted molar refractivity (Wildman–Crippen MR) is 68.4 cm³/mol. The number of nitro benzene ring substituents is 1. The maximum absolute atomic E-state index is 10.6. The highest BCUT2D eigenvalue weighted by molar-refractivity contribution is 6.45. The molecule has 0 spiro atoms. The second-order valence-electron chi connectivity index (χ2n) is 3.18. The van der Waals surface area contributed by atoms with E-state index in [0.717, 1.165) is 12.1 Å². The Kier molecular flexibility index (Phi) is 4.23. The van der Waals surface area contributed by atoms with Crippen LogP contribution in [0.2, 0.25) is 5.02 Å². The van der Waals surface area contributed by atoms with Crippen LogP contribution in [0.15, 0.2) is 17.2 Å². The maximum atomic E-state index is 10.6. The molecule has 0 radical (unpaired) electrons. The topological polar surface area (TPSA) is 161 Å². The summed E-state index contributed by atoms with van der Waals surface area (Å²) in [5, 5.41) is 39.0. The van der Waals surface area contributed by atoms with E-state index in [9.17, 15) is 15.2 Å². The summed E-state index contributed by atoms with van der Waals surface area (Å²) in [5.41, 5.74) is 6.24. The van der Waals surface area contributed by atoms with E-state index in [0.29, 0.717) is 0 Å². The van der Waals surface area contributed by atoms with Gasteiger partial charge in [0.2, 0.25) is 5.71 Å². The molecule has 9 nitrogen and oxygen atoms in total. The average molecular weight is 283 g/mol. The summed E-state index contributed by atoms with van der Waals surface area (Å²) in [4.78, 5) is 9.90. The number of nitrogens with zero attached hydrogens (tertiary/aromatic N) is 3. The van der Waals surface area contributed by atoms with E-state index >= 15 is 0 Å². The molecule has 10 heteroatoms. The third-order valence-corrected chi connectivity index (χ3v) is 2.20. The number of nitrogens with one attached hydrogen (secondary N) is 2. The zero-order valence-corrected chi connectivity index (χ0v) is 9.97. The zero-order chi connectivity index (χ0) is 14.6. The third-order valence-electron chi connectivity index (χ3n) is 1.91. The Labute approximate surface area is 111 Å². The smallest absolute Gasteiger partial charge is 0.273 e. The van der Waals surface area contributed by atoms with Gasteiger partial charge in [0.05, 0.1) is 9.95 Å². The number of halogens is 1. The Balaban J connectivity index is 3.18. The van der Waals surface area contributed by atoms with Crippen molar-refractivity contribution in [3.8, 4) is 11.8 Å². The maximum Gasteiger partial charge on any atom is 0.273 e. The number of hydrogen-bond donors (Lipinski definition) is 4. The van der Waals surface area contributed by atoms with Gasteiger partial charge in [-0.05, 0) is 0 Å². The molecule has 0 atom stereocenters. The molecule has 5 N–H and O–H groups in total. The fourth-order valence-corrected chi connectivity index (χ4v) is 1.25. The summed E-state index contributed by atoms with van der Waals surface area (Å²) in [6.45, 7) is 0. The largest absolute Gasteiger partial charge is 0.504 e. The lowest BCUT2D eigenvalue weighted by Crippen LogP contribution is -2.21. The molecule has 0 bridgehead atoms. The SMILES string of the molecule is N#C/C(=N\Nc1cc([N+](=O)[O-])cc(Cl)c1O)C(=N)N. The van der Waals surface area contributed by atoms with Gasteiger partial charge in [0.1, 0.15) is 11.8 Å². The van der Waals surface area contributed by atoms with Crippen molar-refractivity contribution in [2.24, 2.45) is 10.8 Å². The van der Waals surface area contributed by atoms with Crippen LogP contribution in [-0.4, -0.2) is 21.6 Å². The highest BCUT2D eigenvalue weighted by Crippen LogP contribution is 2.35. The zero-order valence-electron chi connectivity index (χ0n) is 9.22. The molecule has 1 rings (SSSR count). The van der Waals surface area contributed by atoms with Crippen LogP contribution in [0.1, 0.15) is 0 Å². The van der Waals surface area contributed by atoms with Gasteiger partial charge in [0.15, 0.2) is 11.6 Å². The molecule has 0 fully saturated rings. The summed E-state index contributed by atoms with van der Waals surface area (Å²) in [6.07, 6.45) is 0. The van der Waals surface area contributed by atoms with Crippen molar-refractivity contribution in [2.75, 3.05) is 5.43 Å². The minimum atomic E-state index is -0.712. The number of hydrazone groups is 1. The highest BCUT2D eigenvalue weighted by atomic mass is 35.5. The van der Waals surface area contributed by atoms with Crippen molar-refractivity contribution in [1.82, 2.24) is 0 Å². The van der Waals surface area contributed by atoms with Crippen LogP contribution in [0.5, 0.6) is 5.75 Å². The van der Waals surface area contributed by atoms with Crippen molar-refractivity contribution < 1.29 is 10.0 Å². The monoisotopic (exact) mass is 282 g/mol.